The van der Waals surface area contributed by atoms with Crippen LogP contribution in [0.5, 0.6) is 0 Å². The van der Waals surface area contributed by atoms with Crippen molar-refractivity contribution in [2.24, 2.45) is 0 Å². The van der Waals surface area contributed by atoms with E-state index in [1.165, 1.54) is 0 Å². The van der Waals surface area contributed by atoms with E-state index in [-0.39, 0.29) is 11.9 Å². The summed E-state index contributed by atoms with van der Waals surface area (Å²) in [6, 6.07) is 7.21. The van der Waals surface area contributed by atoms with Crippen LogP contribution in [0.2, 0.25) is 0 Å². The Morgan fingerprint density at radius 2 is 2.00 bits per heavy atom. The molecule has 0 unspecified atom stereocenters. The van der Waals surface area contributed by atoms with E-state index in [1.54, 1.807) is 17.0 Å². The van der Waals surface area contributed by atoms with Crippen molar-refractivity contribution in [3.05, 3.63) is 29.8 Å². The fourth-order valence-electron chi connectivity index (χ4n) is 2.44. The molecule has 3 amide bonds. The lowest BCUT2D eigenvalue weighted by atomic mass is 10.1. The number of carbonyl (C=O) groups excluding carboxylic acids is 2. The summed E-state index contributed by atoms with van der Waals surface area (Å²) >= 11 is 0. The molecule has 1 heterocycles. The van der Waals surface area contributed by atoms with Gasteiger partial charge < -0.3 is 10.2 Å². The minimum Gasteiger partial charge on any atom is -0.339 e. The van der Waals surface area contributed by atoms with Gasteiger partial charge in [0.25, 0.3) is 5.91 Å². The van der Waals surface area contributed by atoms with Crippen molar-refractivity contribution >= 4 is 17.6 Å². The van der Waals surface area contributed by atoms with Crippen molar-refractivity contribution in [2.75, 3.05) is 31.1 Å². The summed E-state index contributed by atoms with van der Waals surface area (Å²) in [6.45, 7) is 6.96. The maximum Gasteiger partial charge on any atom is 0.321 e. The second-order valence-electron chi connectivity index (χ2n) is 5.17. The predicted molar refractivity (Wildman–Crippen MR) is 83.7 cm³/mol. The Kier molecular flexibility index (Phi) is 5.20. The van der Waals surface area contributed by atoms with Gasteiger partial charge >= 0.3 is 6.03 Å². The molecule has 0 saturated carbocycles. The lowest BCUT2D eigenvalue weighted by Crippen LogP contribution is -2.32. The van der Waals surface area contributed by atoms with Crippen molar-refractivity contribution in [3.63, 3.8) is 0 Å². The lowest BCUT2D eigenvalue weighted by Gasteiger charge is -2.21. The highest BCUT2D eigenvalue weighted by atomic mass is 16.2. The normalized spacial score (nSPS) is 14.2. The molecule has 0 aliphatic carbocycles. The average Bonchev–Trinajstić information content (AvgIpc) is 2.94. The first-order valence-corrected chi connectivity index (χ1v) is 7.62. The standard InChI is InChI=1S/C16H23N3O2/c1-3-5-11-18(4-2)15(20)13-6-8-14(9-7-13)19-12-10-17-16(19)21/h6-9H,3-5,10-12H2,1-2H3,(H,17,21). The predicted octanol–water partition coefficient (Wildman–Crippen LogP) is 2.48. The van der Waals surface area contributed by atoms with E-state index in [4.69, 9.17) is 0 Å². The number of anilines is 1. The van der Waals surface area contributed by atoms with Gasteiger partial charge in [0, 0.05) is 37.4 Å². The number of unbranched alkanes of at least 4 members (excludes halogenated alkanes) is 1. The number of carbonyl (C=O) groups is 2. The number of nitrogens with zero attached hydrogens (tertiary/aromatic N) is 2. The highest BCUT2D eigenvalue weighted by Crippen LogP contribution is 2.18. The molecule has 0 bridgehead atoms. The van der Waals surface area contributed by atoms with Gasteiger partial charge in [0.2, 0.25) is 0 Å². The molecule has 21 heavy (non-hydrogen) atoms. The first-order valence-electron chi connectivity index (χ1n) is 7.62. The molecule has 1 aliphatic heterocycles. The van der Waals surface area contributed by atoms with E-state index < -0.39 is 0 Å². The van der Waals surface area contributed by atoms with Gasteiger partial charge in [-0.1, -0.05) is 13.3 Å². The molecule has 1 aromatic rings. The molecular weight excluding hydrogens is 266 g/mol. The van der Waals surface area contributed by atoms with E-state index in [0.717, 1.165) is 31.6 Å². The molecule has 0 aromatic heterocycles. The fraction of sp³-hybridized carbons (Fsp3) is 0.500. The number of hydrogen-bond donors (Lipinski definition) is 1. The lowest BCUT2D eigenvalue weighted by molar-refractivity contribution is 0.0762. The van der Waals surface area contributed by atoms with Crippen molar-refractivity contribution in [1.82, 2.24) is 10.2 Å². The molecule has 1 N–H and O–H groups in total. The zero-order chi connectivity index (χ0) is 15.2. The van der Waals surface area contributed by atoms with Crippen LogP contribution in [0.25, 0.3) is 0 Å². The number of amides is 3. The zero-order valence-electron chi connectivity index (χ0n) is 12.8. The molecule has 0 spiro atoms. The SMILES string of the molecule is CCCCN(CC)C(=O)c1ccc(N2CCNC2=O)cc1. The van der Waals surface area contributed by atoms with Crippen molar-refractivity contribution < 1.29 is 9.59 Å². The van der Waals surface area contributed by atoms with E-state index in [1.807, 2.05) is 24.0 Å². The van der Waals surface area contributed by atoms with Gasteiger partial charge in [0.15, 0.2) is 0 Å². The molecule has 0 atom stereocenters. The van der Waals surface area contributed by atoms with Gasteiger partial charge in [-0.25, -0.2) is 4.79 Å². The number of urea groups is 1. The smallest absolute Gasteiger partial charge is 0.321 e. The summed E-state index contributed by atoms with van der Waals surface area (Å²) in [7, 11) is 0. The molecule has 5 heteroatoms. The van der Waals surface area contributed by atoms with Crippen LogP contribution in [0.3, 0.4) is 0 Å². The molecule has 1 saturated heterocycles. The van der Waals surface area contributed by atoms with Gasteiger partial charge in [0.05, 0.1) is 0 Å². The van der Waals surface area contributed by atoms with Crippen LogP contribution in [-0.2, 0) is 0 Å². The first kappa shape index (κ1) is 15.4. The maximum atomic E-state index is 12.4. The molecule has 2 rings (SSSR count). The summed E-state index contributed by atoms with van der Waals surface area (Å²) in [6.07, 6.45) is 2.10. The highest BCUT2D eigenvalue weighted by Gasteiger charge is 2.21. The topological polar surface area (TPSA) is 52.7 Å². The Morgan fingerprint density at radius 3 is 2.52 bits per heavy atom. The molecule has 114 valence electrons. The highest BCUT2D eigenvalue weighted by molar-refractivity contribution is 5.97. The van der Waals surface area contributed by atoms with Gasteiger partial charge in [-0.15, -0.1) is 0 Å². The Bertz CT molecular complexity index is 499. The Balaban J connectivity index is 2.07. The molecular formula is C16H23N3O2. The number of benzene rings is 1. The quantitative estimate of drug-likeness (QED) is 0.874. The van der Waals surface area contributed by atoms with E-state index >= 15 is 0 Å². The monoisotopic (exact) mass is 289 g/mol. The number of nitrogens with one attached hydrogen (secondary N) is 1. The summed E-state index contributed by atoms with van der Waals surface area (Å²) in [4.78, 5) is 27.6. The summed E-state index contributed by atoms with van der Waals surface area (Å²) < 4.78 is 0. The van der Waals surface area contributed by atoms with Crippen LogP contribution in [0, 0.1) is 0 Å². The number of hydrogen-bond acceptors (Lipinski definition) is 2. The second-order valence-corrected chi connectivity index (χ2v) is 5.17. The minimum atomic E-state index is -0.0767. The Hall–Kier alpha value is -2.04. The van der Waals surface area contributed by atoms with Crippen molar-refractivity contribution in [2.45, 2.75) is 26.7 Å². The van der Waals surface area contributed by atoms with Crippen LogP contribution in [-0.4, -0.2) is 43.0 Å². The second kappa shape index (κ2) is 7.11. The maximum absolute atomic E-state index is 12.4. The van der Waals surface area contributed by atoms with E-state index in [0.29, 0.717) is 18.7 Å². The Morgan fingerprint density at radius 1 is 1.29 bits per heavy atom. The summed E-state index contributed by atoms with van der Waals surface area (Å²) in [5.41, 5.74) is 1.51. The molecule has 1 aromatic carbocycles. The largest absolute Gasteiger partial charge is 0.339 e. The van der Waals surface area contributed by atoms with E-state index in [2.05, 4.69) is 12.2 Å². The average molecular weight is 289 g/mol. The zero-order valence-corrected chi connectivity index (χ0v) is 12.8. The molecule has 1 fully saturated rings. The van der Waals surface area contributed by atoms with Gasteiger partial charge in [0.1, 0.15) is 0 Å². The third-order valence-corrected chi connectivity index (χ3v) is 3.73. The molecule has 5 nitrogen and oxygen atoms in total. The van der Waals surface area contributed by atoms with Gasteiger partial charge in [-0.05, 0) is 37.6 Å². The van der Waals surface area contributed by atoms with E-state index in [9.17, 15) is 9.59 Å². The fourth-order valence-corrected chi connectivity index (χ4v) is 2.44. The third kappa shape index (κ3) is 3.54. The Labute approximate surface area is 125 Å². The minimum absolute atomic E-state index is 0.0587. The summed E-state index contributed by atoms with van der Waals surface area (Å²) in [5.74, 6) is 0.0587. The van der Waals surface area contributed by atoms with Crippen LogP contribution in [0.1, 0.15) is 37.0 Å². The van der Waals surface area contributed by atoms with Crippen molar-refractivity contribution in [1.29, 1.82) is 0 Å². The third-order valence-electron chi connectivity index (χ3n) is 3.73. The van der Waals surface area contributed by atoms with Crippen LogP contribution in [0.15, 0.2) is 24.3 Å². The first-order chi connectivity index (χ1) is 10.2. The van der Waals surface area contributed by atoms with Gasteiger partial charge in [-0.3, -0.25) is 9.69 Å². The van der Waals surface area contributed by atoms with Crippen molar-refractivity contribution in [3.8, 4) is 0 Å². The summed E-state index contributed by atoms with van der Waals surface area (Å²) in [5, 5.41) is 2.77. The van der Waals surface area contributed by atoms with Gasteiger partial charge in [-0.2, -0.15) is 0 Å². The number of rotatable bonds is 6. The molecule has 0 radical (unpaired) electrons. The molecule has 1 aliphatic rings. The van der Waals surface area contributed by atoms with Crippen LogP contribution in [0.4, 0.5) is 10.5 Å². The van der Waals surface area contributed by atoms with Crippen LogP contribution >= 0.6 is 0 Å². The van der Waals surface area contributed by atoms with Crippen LogP contribution < -0.4 is 10.2 Å².